The predicted octanol–water partition coefficient (Wildman–Crippen LogP) is 3.55. The summed E-state index contributed by atoms with van der Waals surface area (Å²) in [5.74, 6) is 0.0453. The first-order valence-electron chi connectivity index (χ1n) is 6.53. The van der Waals surface area contributed by atoms with Crippen molar-refractivity contribution in [2.45, 2.75) is 38.8 Å². The molecule has 0 bridgehead atoms. The summed E-state index contributed by atoms with van der Waals surface area (Å²) >= 11 is 1.68. The molecule has 0 radical (unpaired) electrons. The average molecular weight is 276 g/mol. The molecule has 0 aliphatic carbocycles. The standard InChI is InChI=1S/C15H20N2OS/c1-4-12(13-8-7-11-19-13)16-14(18)15(2,3)17-9-5-6-10-17/h5-12H,4H2,1-3H3,(H,16,18). The van der Waals surface area contributed by atoms with Gasteiger partial charge in [0.2, 0.25) is 5.91 Å². The molecule has 4 heteroatoms. The molecule has 0 aliphatic rings. The summed E-state index contributed by atoms with van der Waals surface area (Å²) in [5, 5.41) is 5.19. The van der Waals surface area contributed by atoms with Gasteiger partial charge in [0.25, 0.3) is 0 Å². The first-order chi connectivity index (χ1) is 9.05. The van der Waals surface area contributed by atoms with E-state index in [1.807, 2.05) is 54.4 Å². The minimum atomic E-state index is -0.575. The van der Waals surface area contributed by atoms with E-state index in [2.05, 4.69) is 18.3 Å². The Hall–Kier alpha value is -1.55. The number of nitrogens with zero attached hydrogens (tertiary/aromatic N) is 1. The number of rotatable bonds is 5. The molecule has 0 saturated heterocycles. The predicted molar refractivity (Wildman–Crippen MR) is 79.2 cm³/mol. The van der Waals surface area contributed by atoms with Gasteiger partial charge in [-0.25, -0.2) is 0 Å². The maximum atomic E-state index is 12.5. The fourth-order valence-corrected chi connectivity index (χ4v) is 2.88. The van der Waals surface area contributed by atoms with E-state index < -0.39 is 5.54 Å². The highest BCUT2D eigenvalue weighted by Crippen LogP contribution is 2.24. The van der Waals surface area contributed by atoms with Crippen LogP contribution in [0, 0.1) is 0 Å². The minimum absolute atomic E-state index is 0.0453. The Balaban J connectivity index is 2.12. The third-order valence-electron chi connectivity index (χ3n) is 3.41. The van der Waals surface area contributed by atoms with E-state index >= 15 is 0 Å². The van der Waals surface area contributed by atoms with Crippen LogP contribution < -0.4 is 5.32 Å². The summed E-state index contributed by atoms with van der Waals surface area (Å²) in [6.45, 7) is 5.96. The smallest absolute Gasteiger partial charge is 0.246 e. The van der Waals surface area contributed by atoms with Crippen LogP contribution in [0.3, 0.4) is 0 Å². The number of hydrogen-bond donors (Lipinski definition) is 1. The Morgan fingerprint density at radius 2 is 2.05 bits per heavy atom. The second-order valence-corrected chi connectivity index (χ2v) is 6.08. The normalized spacial score (nSPS) is 13.2. The number of thiophene rings is 1. The van der Waals surface area contributed by atoms with Crippen molar-refractivity contribution in [1.29, 1.82) is 0 Å². The summed E-state index contributed by atoms with van der Waals surface area (Å²) in [6.07, 6.45) is 4.74. The molecule has 3 nitrogen and oxygen atoms in total. The average Bonchev–Trinajstić information content (AvgIpc) is 3.07. The molecule has 2 aromatic rings. The Bertz CT molecular complexity index is 514. The second kappa shape index (κ2) is 5.61. The van der Waals surface area contributed by atoms with Crippen molar-refractivity contribution in [2.75, 3.05) is 0 Å². The number of hydrogen-bond acceptors (Lipinski definition) is 2. The van der Waals surface area contributed by atoms with Crippen molar-refractivity contribution in [3.8, 4) is 0 Å². The van der Waals surface area contributed by atoms with Gasteiger partial charge >= 0.3 is 0 Å². The molecule has 2 aromatic heterocycles. The fourth-order valence-electron chi connectivity index (χ4n) is 2.02. The molecule has 102 valence electrons. The van der Waals surface area contributed by atoms with E-state index in [0.29, 0.717) is 0 Å². The molecule has 0 fully saturated rings. The van der Waals surface area contributed by atoms with Crippen LogP contribution in [0.25, 0.3) is 0 Å². The molecule has 0 spiro atoms. The number of carbonyl (C=O) groups is 1. The molecule has 1 N–H and O–H groups in total. The van der Waals surface area contributed by atoms with E-state index in [-0.39, 0.29) is 11.9 Å². The van der Waals surface area contributed by atoms with Crippen molar-refractivity contribution in [3.63, 3.8) is 0 Å². The maximum Gasteiger partial charge on any atom is 0.246 e. The van der Waals surface area contributed by atoms with Crippen molar-refractivity contribution >= 4 is 17.2 Å². The van der Waals surface area contributed by atoms with E-state index in [1.165, 1.54) is 4.88 Å². The summed E-state index contributed by atoms with van der Waals surface area (Å²) in [5.41, 5.74) is -0.575. The molecule has 19 heavy (non-hydrogen) atoms. The summed E-state index contributed by atoms with van der Waals surface area (Å²) < 4.78 is 1.93. The summed E-state index contributed by atoms with van der Waals surface area (Å²) in [6, 6.07) is 8.06. The molecular weight excluding hydrogens is 256 g/mol. The van der Waals surface area contributed by atoms with E-state index in [9.17, 15) is 4.79 Å². The molecular formula is C15H20N2OS. The van der Waals surface area contributed by atoms with Gasteiger partial charge in [-0.2, -0.15) is 0 Å². The number of aromatic nitrogens is 1. The van der Waals surface area contributed by atoms with Gasteiger partial charge in [-0.15, -0.1) is 11.3 Å². The Morgan fingerprint density at radius 1 is 1.37 bits per heavy atom. The second-order valence-electron chi connectivity index (χ2n) is 5.10. The van der Waals surface area contributed by atoms with Crippen LogP contribution in [0.4, 0.5) is 0 Å². The lowest BCUT2D eigenvalue weighted by Crippen LogP contribution is -2.45. The maximum absolute atomic E-state index is 12.5. The van der Waals surface area contributed by atoms with Crippen LogP contribution >= 0.6 is 11.3 Å². The monoisotopic (exact) mass is 276 g/mol. The van der Waals surface area contributed by atoms with Gasteiger partial charge in [0, 0.05) is 17.3 Å². The van der Waals surface area contributed by atoms with Crippen LogP contribution in [0.2, 0.25) is 0 Å². The first-order valence-corrected chi connectivity index (χ1v) is 7.41. The first kappa shape index (κ1) is 13.9. The zero-order valence-electron chi connectivity index (χ0n) is 11.6. The van der Waals surface area contributed by atoms with Crippen LogP contribution in [-0.4, -0.2) is 10.5 Å². The molecule has 1 amide bonds. The molecule has 1 unspecified atom stereocenters. The number of amides is 1. The van der Waals surface area contributed by atoms with Crippen molar-refractivity contribution < 1.29 is 4.79 Å². The van der Waals surface area contributed by atoms with E-state index in [4.69, 9.17) is 0 Å². The van der Waals surface area contributed by atoms with Crippen molar-refractivity contribution in [2.24, 2.45) is 0 Å². The molecule has 0 aromatic carbocycles. The molecule has 1 atom stereocenters. The van der Waals surface area contributed by atoms with Gasteiger partial charge < -0.3 is 9.88 Å². The van der Waals surface area contributed by atoms with Gasteiger partial charge in [-0.1, -0.05) is 13.0 Å². The zero-order valence-corrected chi connectivity index (χ0v) is 12.4. The zero-order chi connectivity index (χ0) is 13.9. The lowest BCUT2D eigenvalue weighted by Gasteiger charge is -2.28. The lowest BCUT2D eigenvalue weighted by molar-refractivity contribution is -0.129. The lowest BCUT2D eigenvalue weighted by atomic mass is 10.0. The summed E-state index contributed by atoms with van der Waals surface area (Å²) in [4.78, 5) is 13.7. The third-order valence-corrected chi connectivity index (χ3v) is 4.39. The van der Waals surface area contributed by atoms with Crippen LogP contribution in [0.5, 0.6) is 0 Å². The minimum Gasteiger partial charge on any atom is -0.346 e. The Morgan fingerprint density at radius 3 is 2.58 bits per heavy atom. The highest BCUT2D eigenvalue weighted by molar-refractivity contribution is 7.10. The third kappa shape index (κ3) is 2.89. The van der Waals surface area contributed by atoms with Crippen LogP contribution in [-0.2, 0) is 10.3 Å². The van der Waals surface area contributed by atoms with E-state index in [0.717, 1.165) is 6.42 Å². The SMILES string of the molecule is CCC(NC(=O)C(C)(C)n1cccc1)c1cccs1. The molecule has 0 aliphatic heterocycles. The quantitative estimate of drug-likeness (QED) is 0.890. The van der Waals surface area contributed by atoms with Gasteiger partial charge in [0.05, 0.1) is 6.04 Å². The summed E-state index contributed by atoms with van der Waals surface area (Å²) in [7, 11) is 0. The van der Waals surface area contributed by atoms with E-state index in [1.54, 1.807) is 11.3 Å². The van der Waals surface area contributed by atoms with Crippen LogP contribution in [0.1, 0.15) is 38.1 Å². The fraction of sp³-hybridized carbons (Fsp3) is 0.400. The van der Waals surface area contributed by atoms with Gasteiger partial charge in [0.1, 0.15) is 5.54 Å². The van der Waals surface area contributed by atoms with Gasteiger partial charge in [-0.05, 0) is 43.8 Å². The number of nitrogens with one attached hydrogen (secondary N) is 1. The highest BCUT2D eigenvalue weighted by Gasteiger charge is 2.30. The molecule has 2 rings (SSSR count). The highest BCUT2D eigenvalue weighted by atomic mass is 32.1. The van der Waals surface area contributed by atoms with Gasteiger partial charge in [0.15, 0.2) is 0 Å². The Labute approximate surface area is 118 Å². The topological polar surface area (TPSA) is 34.0 Å². The Kier molecular flexibility index (Phi) is 4.10. The molecule has 0 saturated carbocycles. The van der Waals surface area contributed by atoms with Crippen molar-refractivity contribution in [3.05, 3.63) is 46.9 Å². The molecule has 2 heterocycles. The number of carbonyl (C=O) groups excluding carboxylic acids is 1. The van der Waals surface area contributed by atoms with Crippen molar-refractivity contribution in [1.82, 2.24) is 9.88 Å². The van der Waals surface area contributed by atoms with Crippen LogP contribution in [0.15, 0.2) is 42.0 Å². The van der Waals surface area contributed by atoms with Gasteiger partial charge in [-0.3, -0.25) is 4.79 Å². The largest absolute Gasteiger partial charge is 0.346 e.